The van der Waals surface area contributed by atoms with E-state index in [4.69, 9.17) is 10.5 Å². The predicted molar refractivity (Wildman–Crippen MR) is 124 cm³/mol. The third-order valence-electron chi connectivity index (χ3n) is 4.50. The maximum atomic E-state index is 12.5. The summed E-state index contributed by atoms with van der Waals surface area (Å²) >= 11 is 1.32. The molecule has 0 saturated carbocycles. The first-order valence-corrected chi connectivity index (χ1v) is 10.6. The smallest absolute Gasteiger partial charge is 0.234 e. The molecule has 1 heterocycles. The van der Waals surface area contributed by atoms with Crippen molar-refractivity contribution in [2.45, 2.75) is 5.16 Å². The fourth-order valence-corrected chi connectivity index (χ4v) is 3.79. The van der Waals surface area contributed by atoms with Crippen LogP contribution in [0, 0.1) is 0 Å². The lowest BCUT2D eigenvalue weighted by molar-refractivity contribution is -0.113. The number of aromatic nitrogens is 3. The van der Waals surface area contributed by atoms with Gasteiger partial charge in [-0.15, -0.1) is 10.2 Å². The van der Waals surface area contributed by atoms with Gasteiger partial charge in [0.05, 0.1) is 12.9 Å². The van der Waals surface area contributed by atoms with Crippen LogP contribution in [0.25, 0.3) is 17.1 Å². The van der Waals surface area contributed by atoms with Gasteiger partial charge in [-0.2, -0.15) is 0 Å². The molecule has 8 heteroatoms. The van der Waals surface area contributed by atoms with Gasteiger partial charge in [-0.05, 0) is 48.5 Å². The zero-order chi connectivity index (χ0) is 21.6. The molecule has 0 atom stereocenters. The number of carbonyl (C=O) groups is 1. The molecule has 4 rings (SSSR count). The van der Waals surface area contributed by atoms with E-state index >= 15 is 0 Å². The number of hydrogen-bond acceptors (Lipinski definition) is 6. The van der Waals surface area contributed by atoms with Crippen LogP contribution in [0.3, 0.4) is 0 Å². The van der Waals surface area contributed by atoms with E-state index in [0.29, 0.717) is 22.4 Å². The van der Waals surface area contributed by atoms with Gasteiger partial charge in [0.2, 0.25) is 5.91 Å². The van der Waals surface area contributed by atoms with Crippen LogP contribution in [0.2, 0.25) is 0 Å². The molecule has 0 unspecified atom stereocenters. The normalized spacial score (nSPS) is 10.6. The van der Waals surface area contributed by atoms with E-state index in [2.05, 4.69) is 15.5 Å². The Morgan fingerprint density at radius 1 is 1.03 bits per heavy atom. The molecule has 3 aromatic carbocycles. The summed E-state index contributed by atoms with van der Waals surface area (Å²) in [6.07, 6.45) is 0. The third kappa shape index (κ3) is 4.87. The highest BCUT2D eigenvalue weighted by atomic mass is 32.2. The number of nitrogens with zero attached hydrogens (tertiary/aromatic N) is 3. The van der Waals surface area contributed by atoms with E-state index in [0.717, 1.165) is 17.0 Å². The Labute approximate surface area is 184 Å². The minimum atomic E-state index is -0.136. The highest BCUT2D eigenvalue weighted by Crippen LogP contribution is 2.29. The second-order valence-corrected chi connectivity index (χ2v) is 7.61. The summed E-state index contributed by atoms with van der Waals surface area (Å²) in [5.41, 5.74) is 9.07. The average Bonchev–Trinajstić information content (AvgIpc) is 3.23. The van der Waals surface area contributed by atoms with Crippen molar-refractivity contribution in [1.82, 2.24) is 14.8 Å². The molecular formula is C23H21N5O2S. The van der Waals surface area contributed by atoms with Crippen LogP contribution >= 0.6 is 11.8 Å². The van der Waals surface area contributed by atoms with Gasteiger partial charge in [0.25, 0.3) is 0 Å². The Kier molecular flexibility index (Phi) is 6.18. The Hall–Kier alpha value is -3.78. The first kappa shape index (κ1) is 20.5. The van der Waals surface area contributed by atoms with Crippen molar-refractivity contribution in [3.63, 3.8) is 0 Å². The second kappa shape index (κ2) is 9.36. The Morgan fingerprint density at radius 3 is 2.52 bits per heavy atom. The zero-order valence-electron chi connectivity index (χ0n) is 16.9. The Bertz CT molecular complexity index is 1180. The number of thioether (sulfide) groups is 1. The second-order valence-electron chi connectivity index (χ2n) is 6.67. The molecule has 3 N–H and O–H groups in total. The number of methoxy groups -OCH3 is 1. The quantitative estimate of drug-likeness (QED) is 0.335. The van der Waals surface area contributed by atoms with Gasteiger partial charge in [-0.1, -0.05) is 42.1 Å². The van der Waals surface area contributed by atoms with Gasteiger partial charge in [-0.25, -0.2) is 0 Å². The summed E-state index contributed by atoms with van der Waals surface area (Å²) in [4.78, 5) is 12.5. The summed E-state index contributed by atoms with van der Waals surface area (Å²) in [6.45, 7) is 0. The van der Waals surface area contributed by atoms with Crippen molar-refractivity contribution in [2.75, 3.05) is 23.9 Å². The number of nitrogens with one attached hydrogen (secondary N) is 1. The molecule has 0 bridgehead atoms. The number of amides is 1. The van der Waals surface area contributed by atoms with Crippen LogP contribution in [0.1, 0.15) is 0 Å². The van der Waals surface area contributed by atoms with E-state index in [1.54, 1.807) is 31.4 Å². The van der Waals surface area contributed by atoms with Crippen LogP contribution in [0.4, 0.5) is 11.4 Å². The summed E-state index contributed by atoms with van der Waals surface area (Å²) in [7, 11) is 1.60. The van der Waals surface area contributed by atoms with Gasteiger partial charge in [0, 0.05) is 22.6 Å². The topological polar surface area (TPSA) is 95.1 Å². The van der Waals surface area contributed by atoms with Crippen molar-refractivity contribution in [2.24, 2.45) is 0 Å². The maximum Gasteiger partial charge on any atom is 0.234 e. The molecule has 0 radical (unpaired) electrons. The Balaban J connectivity index is 1.56. The fraction of sp³-hybridized carbons (Fsp3) is 0.0870. The average molecular weight is 432 g/mol. The van der Waals surface area contributed by atoms with Crippen LogP contribution in [-0.2, 0) is 4.79 Å². The Morgan fingerprint density at radius 2 is 1.81 bits per heavy atom. The van der Waals surface area contributed by atoms with Crippen LogP contribution in [0.5, 0.6) is 5.75 Å². The summed E-state index contributed by atoms with van der Waals surface area (Å²) in [5, 5.41) is 12.2. The monoisotopic (exact) mass is 431 g/mol. The van der Waals surface area contributed by atoms with Gasteiger partial charge in [0.1, 0.15) is 5.75 Å². The van der Waals surface area contributed by atoms with Crippen molar-refractivity contribution in [1.29, 1.82) is 0 Å². The van der Waals surface area contributed by atoms with E-state index in [1.165, 1.54) is 11.8 Å². The number of anilines is 2. The minimum absolute atomic E-state index is 0.136. The van der Waals surface area contributed by atoms with E-state index in [9.17, 15) is 4.79 Å². The van der Waals surface area contributed by atoms with Crippen molar-refractivity contribution >= 4 is 29.0 Å². The molecule has 31 heavy (non-hydrogen) atoms. The number of carbonyl (C=O) groups excluding carboxylic acids is 1. The van der Waals surface area contributed by atoms with E-state index in [-0.39, 0.29) is 11.7 Å². The standard InChI is InChI=1S/C23H21N5O2S/c1-30-20-12-10-18(11-13-20)25-21(29)15-31-23-27-26-22(16-6-5-7-17(24)14-16)28(23)19-8-3-2-4-9-19/h2-14H,15,24H2,1H3,(H,25,29). The van der Waals surface area contributed by atoms with Gasteiger partial charge in [0.15, 0.2) is 11.0 Å². The molecule has 1 amide bonds. The molecule has 7 nitrogen and oxygen atoms in total. The van der Waals surface area contributed by atoms with Crippen molar-refractivity contribution < 1.29 is 9.53 Å². The maximum absolute atomic E-state index is 12.5. The van der Waals surface area contributed by atoms with E-state index < -0.39 is 0 Å². The molecule has 4 aromatic rings. The molecule has 1 aromatic heterocycles. The lowest BCUT2D eigenvalue weighted by atomic mass is 10.2. The summed E-state index contributed by atoms with van der Waals surface area (Å²) in [6, 6.07) is 24.5. The number of nitrogen functional groups attached to an aromatic ring is 1. The lowest BCUT2D eigenvalue weighted by Crippen LogP contribution is -2.14. The van der Waals surface area contributed by atoms with Crippen molar-refractivity contribution in [3.05, 3.63) is 78.9 Å². The molecule has 0 spiro atoms. The van der Waals surface area contributed by atoms with Crippen molar-refractivity contribution in [3.8, 4) is 22.8 Å². The van der Waals surface area contributed by atoms with Gasteiger partial charge >= 0.3 is 0 Å². The number of hydrogen-bond donors (Lipinski definition) is 2. The van der Waals surface area contributed by atoms with Gasteiger partial charge < -0.3 is 15.8 Å². The van der Waals surface area contributed by atoms with Crippen LogP contribution in [-0.4, -0.2) is 33.5 Å². The molecule has 156 valence electrons. The number of nitrogens with two attached hydrogens (primary N) is 1. The molecule has 0 aliphatic heterocycles. The molecule has 0 aliphatic rings. The number of para-hydroxylation sites is 1. The predicted octanol–water partition coefficient (Wildman–Crippen LogP) is 4.26. The third-order valence-corrected chi connectivity index (χ3v) is 5.43. The number of ether oxygens (including phenoxy) is 1. The molecule has 0 aliphatic carbocycles. The largest absolute Gasteiger partial charge is 0.497 e. The molecular weight excluding hydrogens is 410 g/mol. The molecule has 0 saturated heterocycles. The summed E-state index contributed by atoms with van der Waals surface area (Å²) in [5.74, 6) is 1.45. The highest BCUT2D eigenvalue weighted by molar-refractivity contribution is 7.99. The zero-order valence-corrected chi connectivity index (χ0v) is 17.7. The van der Waals surface area contributed by atoms with E-state index in [1.807, 2.05) is 59.2 Å². The number of benzene rings is 3. The van der Waals surface area contributed by atoms with Crippen LogP contribution < -0.4 is 15.8 Å². The van der Waals surface area contributed by atoms with Gasteiger partial charge in [-0.3, -0.25) is 9.36 Å². The summed E-state index contributed by atoms with van der Waals surface area (Å²) < 4.78 is 7.07. The first-order valence-electron chi connectivity index (χ1n) is 9.57. The van der Waals surface area contributed by atoms with Crippen LogP contribution in [0.15, 0.2) is 84.0 Å². The lowest BCUT2D eigenvalue weighted by Gasteiger charge is -2.11. The highest BCUT2D eigenvalue weighted by Gasteiger charge is 2.17. The first-order chi connectivity index (χ1) is 15.1. The molecule has 0 fully saturated rings. The minimum Gasteiger partial charge on any atom is -0.497 e. The fourth-order valence-electron chi connectivity index (χ4n) is 3.04. The number of rotatable bonds is 7. The SMILES string of the molecule is COc1ccc(NC(=O)CSc2nnc(-c3cccc(N)c3)n2-c2ccccc2)cc1.